The highest BCUT2D eigenvalue weighted by Gasteiger charge is 2.09. The summed E-state index contributed by atoms with van der Waals surface area (Å²) in [5.74, 6) is 2.06. The highest BCUT2D eigenvalue weighted by Crippen LogP contribution is 2.17. The summed E-state index contributed by atoms with van der Waals surface area (Å²) in [5, 5.41) is 13.4. The van der Waals surface area contributed by atoms with Gasteiger partial charge in [-0.1, -0.05) is 12.1 Å². The van der Waals surface area contributed by atoms with Crippen molar-refractivity contribution in [1.29, 1.82) is 0 Å². The molecule has 0 aliphatic carbocycles. The van der Waals surface area contributed by atoms with Crippen LogP contribution in [0.25, 0.3) is 5.82 Å². The maximum absolute atomic E-state index is 12.1. The largest absolute Gasteiger partial charge is 0.368 e. The molecule has 0 saturated carbocycles. The standard InChI is InChI=1S/C21H27N7O/c1-13-7-6-8-18(16(13)4)26-21(29)23-10-9-22-19-12-20(25-17(5)24-19)28-15(3)11-14(2)27-28/h6-8,11-12H,9-10H2,1-5H3,(H,22,24,25)(H2,23,26,29). The van der Waals surface area contributed by atoms with Gasteiger partial charge >= 0.3 is 6.03 Å². The molecule has 8 nitrogen and oxygen atoms in total. The van der Waals surface area contributed by atoms with Gasteiger partial charge in [-0.3, -0.25) is 0 Å². The van der Waals surface area contributed by atoms with Crippen LogP contribution in [0.4, 0.5) is 16.3 Å². The van der Waals surface area contributed by atoms with Crippen molar-refractivity contribution in [1.82, 2.24) is 25.1 Å². The molecule has 0 unspecified atom stereocenters. The third-order valence-corrected chi connectivity index (χ3v) is 4.62. The zero-order valence-corrected chi connectivity index (χ0v) is 17.5. The minimum atomic E-state index is -0.234. The van der Waals surface area contributed by atoms with E-state index in [1.54, 1.807) is 4.68 Å². The third kappa shape index (κ3) is 5.10. The summed E-state index contributed by atoms with van der Waals surface area (Å²) < 4.78 is 1.80. The molecule has 0 radical (unpaired) electrons. The molecule has 0 spiro atoms. The molecule has 1 aromatic carbocycles. The SMILES string of the molecule is Cc1cc(C)n(-c2cc(NCCNC(=O)Nc3cccc(C)c3C)nc(C)n2)n1. The van der Waals surface area contributed by atoms with E-state index in [1.807, 2.05) is 65.0 Å². The number of carbonyl (C=O) groups excluding carboxylic acids is 1. The Morgan fingerprint density at radius 1 is 1.03 bits per heavy atom. The van der Waals surface area contributed by atoms with Crippen LogP contribution in [0.5, 0.6) is 0 Å². The minimum Gasteiger partial charge on any atom is -0.368 e. The van der Waals surface area contributed by atoms with Crippen molar-refractivity contribution in [3.05, 3.63) is 58.7 Å². The van der Waals surface area contributed by atoms with Gasteiger partial charge in [0.2, 0.25) is 0 Å². The lowest BCUT2D eigenvalue weighted by molar-refractivity contribution is 0.252. The van der Waals surface area contributed by atoms with Crippen molar-refractivity contribution in [2.24, 2.45) is 0 Å². The maximum Gasteiger partial charge on any atom is 0.319 e. The van der Waals surface area contributed by atoms with Crippen LogP contribution in [0, 0.1) is 34.6 Å². The molecule has 0 atom stereocenters. The Morgan fingerprint density at radius 2 is 1.83 bits per heavy atom. The summed E-state index contributed by atoms with van der Waals surface area (Å²) in [7, 11) is 0. The molecule has 0 bridgehead atoms. The number of hydrogen-bond acceptors (Lipinski definition) is 5. The second-order valence-electron chi connectivity index (χ2n) is 7.05. The fourth-order valence-electron chi connectivity index (χ4n) is 3.03. The molecule has 3 aromatic rings. The lowest BCUT2D eigenvalue weighted by Crippen LogP contribution is -2.33. The first-order chi connectivity index (χ1) is 13.8. The highest BCUT2D eigenvalue weighted by molar-refractivity contribution is 5.90. The summed E-state index contributed by atoms with van der Waals surface area (Å²) >= 11 is 0. The molecule has 0 aliphatic heterocycles. The van der Waals surface area contributed by atoms with Crippen LogP contribution in [-0.4, -0.2) is 38.9 Å². The van der Waals surface area contributed by atoms with Gasteiger partial charge in [0, 0.05) is 30.5 Å². The summed E-state index contributed by atoms with van der Waals surface area (Å²) in [4.78, 5) is 21.0. The molecular weight excluding hydrogens is 366 g/mol. The molecule has 0 saturated heterocycles. The van der Waals surface area contributed by atoms with E-state index in [0.717, 1.165) is 28.2 Å². The molecule has 2 aromatic heterocycles. The van der Waals surface area contributed by atoms with Gasteiger partial charge in [0.1, 0.15) is 11.6 Å². The number of benzene rings is 1. The van der Waals surface area contributed by atoms with Crippen LogP contribution in [0.2, 0.25) is 0 Å². The monoisotopic (exact) mass is 393 g/mol. The van der Waals surface area contributed by atoms with Crippen LogP contribution in [0.3, 0.4) is 0 Å². The lowest BCUT2D eigenvalue weighted by atomic mass is 10.1. The van der Waals surface area contributed by atoms with E-state index in [1.165, 1.54) is 0 Å². The number of carbonyl (C=O) groups is 1. The van der Waals surface area contributed by atoms with Crippen molar-refractivity contribution in [3.63, 3.8) is 0 Å². The van der Waals surface area contributed by atoms with E-state index in [2.05, 4.69) is 31.0 Å². The molecule has 2 heterocycles. The minimum absolute atomic E-state index is 0.234. The van der Waals surface area contributed by atoms with Crippen molar-refractivity contribution < 1.29 is 4.79 Å². The number of aryl methyl sites for hydroxylation is 4. The second-order valence-corrected chi connectivity index (χ2v) is 7.05. The number of aromatic nitrogens is 4. The topological polar surface area (TPSA) is 96.8 Å². The third-order valence-electron chi connectivity index (χ3n) is 4.62. The molecule has 8 heteroatoms. The molecule has 152 valence electrons. The van der Waals surface area contributed by atoms with Crippen LogP contribution < -0.4 is 16.0 Å². The number of nitrogens with zero attached hydrogens (tertiary/aromatic N) is 4. The summed E-state index contributed by atoms with van der Waals surface area (Å²) in [6.07, 6.45) is 0. The number of hydrogen-bond donors (Lipinski definition) is 3. The van der Waals surface area contributed by atoms with Gasteiger partial charge in [-0.15, -0.1) is 0 Å². The number of rotatable bonds is 6. The Morgan fingerprint density at radius 3 is 2.55 bits per heavy atom. The Bertz CT molecular complexity index is 1030. The van der Waals surface area contributed by atoms with Crippen LogP contribution in [0.15, 0.2) is 30.3 Å². The Labute approximate surface area is 170 Å². The fraction of sp³-hybridized carbons (Fsp3) is 0.333. The normalized spacial score (nSPS) is 10.7. The van der Waals surface area contributed by atoms with Crippen LogP contribution in [0.1, 0.15) is 28.3 Å². The fourth-order valence-corrected chi connectivity index (χ4v) is 3.03. The van der Waals surface area contributed by atoms with Gasteiger partial charge in [-0.25, -0.2) is 19.4 Å². The first-order valence-corrected chi connectivity index (χ1v) is 9.58. The molecule has 0 aliphatic rings. The molecular formula is C21H27N7O. The molecule has 3 N–H and O–H groups in total. The van der Waals surface area contributed by atoms with E-state index >= 15 is 0 Å². The Kier molecular flexibility index (Phi) is 6.11. The molecule has 0 fully saturated rings. The van der Waals surface area contributed by atoms with Gasteiger partial charge in [-0.2, -0.15) is 5.10 Å². The van der Waals surface area contributed by atoms with E-state index < -0.39 is 0 Å². The van der Waals surface area contributed by atoms with E-state index in [0.29, 0.717) is 30.5 Å². The van der Waals surface area contributed by atoms with Crippen LogP contribution >= 0.6 is 0 Å². The zero-order chi connectivity index (χ0) is 21.0. The number of nitrogens with one attached hydrogen (secondary N) is 3. The van der Waals surface area contributed by atoms with Gasteiger partial charge in [0.15, 0.2) is 5.82 Å². The Balaban J connectivity index is 1.55. The highest BCUT2D eigenvalue weighted by atomic mass is 16.2. The summed E-state index contributed by atoms with van der Waals surface area (Å²) in [6.45, 7) is 10.8. The van der Waals surface area contributed by atoms with Gasteiger partial charge in [0.25, 0.3) is 0 Å². The quantitative estimate of drug-likeness (QED) is 0.558. The number of urea groups is 1. The van der Waals surface area contributed by atoms with Crippen molar-refractivity contribution in [2.45, 2.75) is 34.6 Å². The predicted molar refractivity (Wildman–Crippen MR) is 115 cm³/mol. The van der Waals surface area contributed by atoms with E-state index in [-0.39, 0.29) is 6.03 Å². The number of amides is 2. The van der Waals surface area contributed by atoms with Gasteiger partial charge < -0.3 is 16.0 Å². The smallest absolute Gasteiger partial charge is 0.319 e. The Hall–Kier alpha value is -3.42. The molecule has 29 heavy (non-hydrogen) atoms. The first kappa shape index (κ1) is 20.3. The first-order valence-electron chi connectivity index (χ1n) is 9.58. The molecule has 2 amide bonds. The van der Waals surface area contributed by atoms with Gasteiger partial charge in [0.05, 0.1) is 5.69 Å². The maximum atomic E-state index is 12.1. The predicted octanol–water partition coefficient (Wildman–Crippen LogP) is 3.44. The lowest BCUT2D eigenvalue weighted by Gasteiger charge is -2.12. The van der Waals surface area contributed by atoms with Crippen molar-refractivity contribution in [2.75, 3.05) is 23.7 Å². The second kappa shape index (κ2) is 8.72. The van der Waals surface area contributed by atoms with E-state index in [9.17, 15) is 4.79 Å². The summed E-state index contributed by atoms with van der Waals surface area (Å²) in [6, 6.07) is 9.46. The van der Waals surface area contributed by atoms with Crippen molar-refractivity contribution >= 4 is 17.5 Å². The average Bonchev–Trinajstić information content (AvgIpc) is 3.00. The van der Waals surface area contributed by atoms with E-state index in [4.69, 9.17) is 0 Å². The van der Waals surface area contributed by atoms with Gasteiger partial charge in [-0.05, 0) is 57.9 Å². The van der Waals surface area contributed by atoms with Crippen LogP contribution in [-0.2, 0) is 0 Å². The zero-order valence-electron chi connectivity index (χ0n) is 17.5. The molecule has 3 rings (SSSR count). The van der Waals surface area contributed by atoms with Crippen molar-refractivity contribution in [3.8, 4) is 5.82 Å². The summed E-state index contributed by atoms with van der Waals surface area (Å²) in [5.41, 5.74) is 4.97. The average molecular weight is 393 g/mol. The number of anilines is 2.